The predicted octanol–water partition coefficient (Wildman–Crippen LogP) is 3.38. The zero-order valence-electron chi connectivity index (χ0n) is 16.0. The normalized spacial score (nSPS) is 19.7. The van der Waals surface area contributed by atoms with Gasteiger partial charge in [0.1, 0.15) is 17.2 Å². The highest BCUT2D eigenvalue weighted by Crippen LogP contribution is 2.23. The molecule has 1 aliphatic heterocycles. The Kier molecular flexibility index (Phi) is 6.68. The van der Waals surface area contributed by atoms with Gasteiger partial charge in [0.15, 0.2) is 0 Å². The number of carbonyl (C=O) groups is 1. The zero-order chi connectivity index (χ0) is 19.2. The van der Waals surface area contributed by atoms with Gasteiger partial charge in [-0.25, -0.2) is 9.97 Å². The zero-order valence-corrected chi connectivity index (χ0v) is 16.8. The topological polar surface area (TPSA) is 67.4 Å². The van der Waals surface area contributed by atoms with Gasteiger partial charge in [-0.2, -0.15) is 0 Å². The van der Waals surface area contributed by atoms with E-state index >= 15 is 0 Å². The molecule has 1 N–H and O–H groups in total. The van der Waals surface area contributed by atoms with E-state index in [4.69, 9.17) is 4.74 Å². The molecule has 2 heterocycles. The summed E-state index contributed by atoms with van der Waals surface area (Å²) in [7, 11) is 0. The largest absolute Gasteiger partial charge is 0.372 e. The number of nitrogens with one attached hydrogen (secondary N) is 1. The van der Waals surface area contributed by atoms with Crippen molar-refractivity contribution in [3.63, 3.8) is 0 Å². The highest BCUT2D eigenvalue weighted by atomic mass is 32.2. The summed E-state index contributed by atoms with van der Waals surface area (Å²) in [6, 6.07) is 9.88. The molecule has 2 aromatic rings. The number of ether oxygens (including phenoxy) is 1. The summed E-state index contributed by atoms with van der Waals surface area (Å²) in [6.07, 6.45) is 2.89. The van der Waals surface area contributed by atoms with Crippen LogP contribution in [-0.4, -0.2) is 46.9 Å². The molecule has 1 aromatic carbocycles. The maximum atomic E-state index is 12.2. The maximum absolute atomic E-state index is 12.2. The number of benzene rings is 1. The number of anilines is 2. The average molecular weight is 387 g/mol. The van der Waals surface area contributed by atoms with E-state index in [1.165, 1.54) is 17.3 Å². The van der Waals surface area contributed by atoms with Gasteiger partial charge < -0.3 is 15.0 Å². The predicted molar refractivity (Wildman–Crippen MR) is 109 cm³/mol. The van der Waals surface area contributed by atoms with Crippen molar-refractivity contribution < 1.29 is 9.53 Å². The molecule has 1 saturated heterocycles. The second-order valence-electron chi connectivity index (χ2n) is 6.76. The second-order valence-corrected chi connectivity index (χ2v) is 7.76. The summed E-state index contributed by atoms with van der Waals surface area (Å²) in [5.74, 6) is 1.14. The second kappa shape index (κ2) is 9.19. The van der Waals surface area contributed by atoms with Crippen LogP contribution in [0.4, 0.5) is 11.5 Å². The summed E-state index contributed by atoms with van der Waals surface area (Å²) in [6.45, 7) is 7.85. The van der Waals surface area contributed by atoms with Crippen LogP contribution in [-0.2, 0) is 16.0 Å². The summed E-state index contributed by atoms with van der Waals surface area (Å²) in [5, 5.41) is 3.72. The van der Waals surface area contributed by atoms with Crippen molar-refractivity contribution in [3.8, 4) is 0 Å². The third-order valence-electron chi connectivity index (χ3n) is 4.37. The van der Waals surface area contributed by atoms with Crippen molar-refractivity contribution in [2.24, 2.45) is 0 Å². The van der Waals surface area contributed by atoms with Crippen LogP contribution in [0.5, 0.6) is 0 Å². The number of morpholine rings is 1. The number of rotatable bonds is 6. The number of hydrogen-bond acceptors (Lipinski definition) is 6. The third kappa shape index (κ3) is 5.68. The number of aryl methyl sites for hydroxylation is 1. The van der Waals surface area contributed by atoms with Gasteiger partial charge in [-0.05, 0) is 38.0 Å². The van der Waals surface area contributed by atoms with Crippen LogP contribution < -0.4 is 10.2 Å². The van der Waals surface area contributed by atoms with E-state index in [0.717, 1.165) is 36.0 Å². The molecule has 1 fully saturated rings. The minimum Gasteiger partial charge on any atom is -0.372 e. The van der Waals surface area contributed by atoms with Gasteiger partial charge in [-0.15, -0.1) is 0 Å². The summed E-state index contributed by atoms with van der Waals surface area (Å²) < 4.78 is 5.77. The summed E-state index contributed by atoms with van der Waals surface area (Å²) >= 11 is 1.41. The van der Waals surface area contributed by atoms with Crippen LogP contribution in [0.3, 0.4) is 0 Å². The molecule has 2 unspecified atom stereocenters. The number of carbonyl (C=O) groups excluding carboxylic acids is 1. The molecule has 0 radical (unpaired) electrons. The first-order valence-electron chi connectivity index (χ1n) is 9.27. The van der Waals surface area contributed by atoms with E-state index in [1.54, 1.807) is 6.33 Å². The van der Waals surface area contributed by atoms with Crippen LogP contribution in [0.25, 0.3) is 0 Å². The minimum absolute atomic E-state index is 0.0435. The number of thioether (sulfide) groups is 1. The van der Waals surface area contributed by atoms with Crippen LogP contribution >= 0.6 is 11.8 Å². The van der Waals surface area contributed by atoms with Crippen molar-refractivity contribution >= 4 is 29.2 Å². The van der Waals surface area contributed by atoms with Gasteiger partial charge in [0.05, 0.1) is 18.0 Å². The lowest BCUT2D eigenvalue weighted by Gasteiger charge is -2.36. The lowest BCUT2D eigenvalue weighted by atomic mass is 10.1. The van der Waals surface area contributed by atoms with Crippen molar-refractivity contribution in [1.29, 1.82) is 0 Å². The SMILES string of the molecule is CCc1ccc(NC(=O)CSc2cc(N3CC(C)OC(C)C3)ncn2)cc1. The fourth-order valence-corrected chi connectivity index (χ4v) is 3.77. The average Bonchev–Trinajstić information content (AvgIpc) is 2.66. The van der Waals surface area contributed by atoms with E-state index in [2.05, 4.69) is 41.0 Å². The molecule has 0 spiro atoms. The van der Waals surface area contributed by atoms with E-state index in [-0.39, 0.29) is 18.1 Å². The molecule has 0 saturated carbocycles. The molecule has 1 aliphatic rings. The van der Waals surface area contributed by atoms with Crippen LogP contribution in [0.15, 0.2) is 41.7 Å². The van der Waals surface area contributed by atoms with Crippen molar-refractivity contribution in [2.45, 2.75) is 44.4 Å². The Labute approximate surface area is 164 Å². The number of amides is 1. The van der Waals surface area contributed by atoms with Crippen molar-refractivity contribution in [3.05, 3.63) is 42.2 Å². The number of aromatic nitrogens is 2. The Balaban J connectivity index is 1.55. The number of hydrogen-bond donors (Lipinski definition) is 1. The molecule has 0 bridgehead atoms. The van der Waals surface area contributed by atoms with Gasteiger partial charge >= 0.3 is 0 Å². The molecule has 0 aliphatic carbocycles. The maximum Gasteiger partial charge on any atom is 0.234 e. The van der Waals surface area contributed by atoms with E-state index < -0.39 is 0 Å². The molecule has 27 heavy (non-hydrogen) atoms. The molecule has 6 nitrogen and oxygen atoms in total. The smallest absolute Gasteiger partial charge is 0.234 e. The highest BCUT2D eigenvalue weighted by molar-refractivity contribution is 7.99. The summed E-state index contributed by atoms with van der Waals surface area (Å²) in [5.41, 5.74) is 2.07. The van der Waals surface area contributed by atoms with E-state index in [9.17, 15) is 4.79 Å². The van der Waals surface area contributed by atoms with Crippen LogP contribution in [0.2, 0.25) is 0 Å². The summed E-state index contributed by atoms with van der Waals surface area (Å²) in [4.78, 5) is 23.1. The molecule has 3 rings (SSSR count). The Morgan fingerprint density at radius 3 is 2.59 bits per heavy atom. The minimum atomic E-state index is -0.0435. The van der Waals surface area contributed by atoms with Gasteiger partial charge in [-0.3, -0.25) is 4.79 Å². The monoisotopic (exact) mass is 386 g/mol. The van der Waals surface area contributed by atoms with E-state index in [1.807, 2.05) is 30.3 Å². The molecule has 2 atom stereocenters. The number of nitrogens with zero attached hydrogens (tertiary/aromatic N) is 3. The molecule has 1 amide bonds. The van der Waals surface area contributed by atoms with Crippen LogP contribution in [0, 0.1) is 0 Å². The standard InChI is InChI=1S/C20H26N4O2S/c1-4-16-5-7-17(8-6-16)23-19(25)12-27-20-9-18(21-13-22-20)24-10-14(2)26-15(3)11-24/h5-9,13-15H,4,10-12H2,1-3H3,(H,23,25). The Hall–Kier alpha value is -2.12. The van der Waals surface area contributed by atoms with Gasteiger partial charge in [0, 0.05) is 24.8 Å². The van der Waals surface area contributed by atoms with Gasteiger partial charge in [0.2, 0.25) is 5.91 Å². The van der Waals surface area contributed by atoms with Gasteiger partial charge in [0.25, 0.3) is 0 Å². The van der Waals surface area contributed by atoms with Crippen LogP contribution in [0.1, 0.15) is 26.3 Å². The Morgan fingerprint density at radius 1 is 1.22 bits per heavy atom. The quantitative estimate of drug-likeness (QED) is 0.606. The molecule has 7 heteroatoms. The lowest BCUT2D eigenvalue weighted by molar-refractivity contribution is -0.113. The van der Waals surface area contributed by atoms with Crippen molar-refractivity contribution in [2.75, 3.05) is 29.1 Å². The fourth-order valence-electron chi connectivity index (χ4n) is 3.11. The molecule has 1 aromatic heterocycles. The first-order valence-corrected chi connectivity index (χ1v) is 10.3. The van der Waals surface area contributed by atoms with E-state index in [0.29, 0.717) is 5.75 Å². The Bertz CT molecular complexity index is 759. The Morgan fingerprint density at radius 2 is 1.93 bits per heavy atom. The first kappa shape index (κ1) is 19.6. The first-order chi connectivity index (χ1) is 13.0. The highest BCUT2D eigenvalue weighted by Gasteiger charge is 2.23. The third-order valence-corrected chi connectivity index (χ3v) is 5.29. The van der Waals surface area contributed by atoms with Gasteiger partial charge in [-0.1, -0.05) is 30.8 Å². The molecule has 144 valence electrons. The molecular formula is C20H26N4O2S. The molecular weight excluding hydrogens is 360 g/mol. The lowest BCUT2D eigenvalue weighted by Crippen LogP contribution is -2.45. The fraction of sp³-hybridized carbons (Fsp3) is 0.450. The van der Waals surface area contributed by atoms with Crippen molar-refractivity contribution in [1.82, 2.24) is 9.97 Å².